The fourth-order valence-electron chi connectivity index (χ4n) is 2.05. The molecule has 0 aromatic carbocycles. The molecule has 0 spiro atoms. The first-order valence-electron chi connectivity index (χ1n) is 6.98. The summed E-state index contributed by atoms with van der Waals surface area (Å²) in [4.78, 5) is 11.2. The standard InChI is InChI=1S/C16H23N3Si/c1-13-9-14(7-8-20(4,5)6)10-17-15(13)19-11-16(2,3)18-12-19/h9-10,12H,11H2,1-6H3. The van der Waals surface area contributed by atoms with Crippen LogP contribution in [-0.2, 0) is 0 Å². The number of hydrogen-bond acceptors (Lipinski definition) is 3. The first-order chi connectivity index (χ1) is 9.16. The quantitative estimate of drug-likeness (QED) is 0.585. The first kappa shape index (κ1) is 14.8. The molecular formula is C16H23N3Si. The summed E-state index contributed by atoms with van der Waals surface area (Å²) in [6.07, 6.45) is 3.76. The Bertz CT molecular complexity index is 600. The van der Waals surface area contributed by atoms with E-state index in [2.05, 4.69) is 72.8 Å². The molecule has 0 radical (unpaired) electrons. The Morgan fingerprint density at radius 2 is 2.00 bits per heavy atom. The van der Waals surface area contributed by atoms with Crippen molar-refractivity contribution >= 4 is 20.2 Å². The highest BCUT2D eigenvalue weighted by atomic mass is 28.3. The van der Waals surface area contributed by atoms with Crippen molar-refractivity contribution in [1.29, 1.82) is 0 Å². The van der Waals surface area contributed by atoms with Crippen molar-refractivity contribution in [2.24, 2.45) is 4.99 Å². The van der Waals surface area contributed by atoms with Gasteiger partial charge in [0.05, 0.1) is 18.4 Å². The van der Waals surface area contributed by atoms with Crippen LogP contribution in [0.1, 0.15) is 25.0 Å². The Hall–Kier alpha value is -1.60. The molecule has 0 saturated heterocycles. The van der Waals surface area contributed by atoms with Crippen LogP contribution in [-0.4, -0.2) is 31.5 Å². The van der Waals surface area contributed by atoms with E-state index in [9.17, 15) is 0 Å². The lowest BCUT2D eigenvalue weighted by Gasteiger charge is -2.20. The zero-order chi connectivity index (χ0) is 15.0. The van der Waals surface area contributed by atoms with Gasteiger partial charge in [0.1, 0.15) is 13.9 Å². The van der Waals surface area contributed by atoms with Gasteiger partial charge in [0, 0.05) is 11.8 Å². The van der Waals surface area contributed by atoms with Crippen LogP contribution in [0.2, 0.25) is 19.6 Å². The molecule has 0 aliphatic carbocycles. The molecule has 1 aromatic rings. The highest BCUT2D eigenvalue weighted by Gasteiger charge is 2.26. The lowest BCUT2D eigenvalue weighted by Crippen LogP contribution is -2.29. The maximum absolute atomic E-state index is 4.57. The molecule has 0 N–H and O–H groups in total. The Morgan fingerprint density at radius 1 is 1.30 bits per heavy atom. The number of anilines is 1. The van der Waals surface area contributed by atoms with Gasteiger partial charge in [-0.15, -0.1) is 5.54 Å². The third-order valence-corrected chi connectivity index (χ3v) is 3.88. The average Bonchev–Trinajstić information content (AvgIpc) is 2.66. The van der Waals surface area contributed by atoms with Gasteiger partial charge in [-0.1, -0.05) is 25.6 Å². The van der Waals surface area contributed by atoms with Gasteiger partial charge in [0.25, 0.3) is 0 Å². The summed E-state index contributed by atoms with van der Waals surface area (Å²) in [5.74, 6) is 4.24. The van der Waals surface area contributed by atoms with Gasteiger partial charge in [0.15, 0.2) is 0 Å². The summed E-state index contributed by atoms with van der Waals surface area (Å²) in [7, 11) is -1.34. The Balaban J connectivity index is 2.23. The highest BCUT2D eigenvalue weighted by molar-refractivity contribution is 6.83. The Morgan fingerprint density at radius 3 is 2.50 bits per heavy atom. The summed E-state index contributed by atoms with van der Waals surface area (Å²) < 4.78 is 0. The molecule has 0 amide bonds. The van der Waals surface area contributed by atoms with Gasteiger partial charge in [0.2, 0.25) is 0 Å². The zero-order valence-corrected chi connectivity index (χ0v) is 14.3. The lowest BCUT2D eigenvalue weighted by atomic mass is 10.1. The SMILES string of the molecule is Cc1cc(C#C[Si](C)(C)C)cnc1N1C=NC(C)(C)C1. The number of aryl methyl sites for hydroxylation is 1. The molecule has 3 nitrogen and oxygen atoms in total. The van der Waals surface area contributed by atoms with Gasteiger partial charge in [-0.3, -0.25) is 4.99 Å². The van der Waals surface area contributed by atoms with Crippen molar-refractivity contribution in [1.82, 2.24) is 4.98 Å². The third-order valence-electron chi connectivity index (χ3n) is 3.01. The molecule has 0 bridgehead atoms. The fraction of sp³-hybridized carbons (Fsp3) is 0.500. The van der Waals surface area contributed by atoms with Crippen molar-refractivity contribution in [3.8, 4) is 11.5 Å². The van der Waals surface area contributed by atoms with Crippen molar-refractivity contribution in [3.63, 3.8) is 0 Å². The molecule has 106 valence electrons. The largest absolute Gasteiger partial charge is 0.315 e. The van der Waals surface area contributed by atoms with Crippen molar-refractivity contribution in [3.05, 3.63) is 23.4 Å². The normalized spacial score (nSPS) is 17.0. The van der Waals surface area contributed by atoms with Gasteiger partial charge in [-0.05, 0) is 32.4 Å². The molecule has 0 atom stereocenters. The minimum Gasteiger partial charge on any atom is -0.315 e. The van der Waals surface area contributed by atoms with Crippen LogP contribution in [0.25, 0.3) is 0 Å². The zero-order valence-electron chi connectivity index (χ0n) is 13.3. The molecule has 4 heteroatoms. The second-order valence-corrected chi connectivity index (χ2v) is 11.8. The minimum atomic E-state index is -1.34. The number of nitrogens with zero attached hydrogens (tertiary/aromatic N) is 3. The van der Waals surface area contributed by atoms with Crippen LogP contribution in [0.4, 0.5) is 5.82 Å². The van der Waals surface area contributed by atoms with Gasteiger partial charge >= 0.3 is 0 Å². The van der Waals surface area contributed by atoms with Crippen LogP contribution < -0.4 is 4.90 Å². The molecule has 1 aromatic heterocycles. The summed E-state index contributed by atoms with van der Waals surface area (Å²) in [5, 5.41) is 0. The third kappa shape index (κ3) is 3.70. The van der Waals surface area contributed by atoms with Crippen molar-refractivity contribution in [2.75, 3.05) is 11.4 Å². The number of pyridine rings is 1. The maximum atomic E-state index is 4.57. The first-order valence-corrected chi connectivity index (χ1v) is 10.5. The predicted molar refractivity (Wildman–Crippen MR) is 89.1 cm³/mol. The molecule has 20 heavy (non-hydrogen) atoms. The molecule has 0 unspecified atom stereocenters. The summed E-state index contributed by atoms with van der Waals surface area (Å²) >= 11 is 0. The van der Waals surface area contributed by atoms with E-state index in [1.165, 1.54) is 0 Å². The molecule has 0 saturated carbocycles. The van der Waals surface area contributed by atoms with Crippen molar-refractivity contribution < 1.29 is 0 Å². The Labute approximate surface area is 123 Å². The number of rotatable bonds is 1. The van der Waals surface area contributed by atoms with Crippen LogP contribution in [0.3, 0.4) is 0 Å². The van der Waals surface area contributed by atoms with Crippen LogP contribution in [0, 0.1) is 18.4 Å². The summed E-state index contributed by atoms with van der Waals surface area (Å²) in [6, 6.07) is 2.12. The topological polar surface area (TPSA) is 28.5 Å². The van der Waals surface area contributed by atoms with Crippen LogP contribution in [0.5, 0.6) is 0 Å². The van der Waals surface area contributed by atoms with Gasteiger partial charge < -0.3 is 4.90 Å². The van der Waals surface area contributed by atoms with Gasteiger partial charge in [-0.25, -0.2) is 4.98 Å². The minimum absolute atomic E-state index is 0.0234. The van der Waals surface area contributed by atoms with E-state index in [0.29, 0.717) is 0 Å². The lowest BCUT2D eigenvalue weighted by molar-refractivity contribution is 0.563. The van der Waals surface area contributed by atoms with E-state index in [1.54, 1.807) is 0 Å². The monoisotopic (exact) mass is 285 g/mol. The van der Waals surface area contributed by atoms with E-state index in [-0.39, 0.29) is 5.54 Å². The van der Waals surface area contributed by atoms with E-state index in [1.807, 2.05) is 12.5 Å². The molecule has 2 heterocycles. The number of aromatic nitrogens is 1. The van der Waals surface area contributed by atoms with E-state index < -0.39 is 8.07 Å². The number of aliphatic imine (C=N–C) groups is 1. The highest BCUT2D eigenvalue weighted by Crippen LogP contribution is 2.24. The van der Waals surface area contributed by atoms with E-state index in [4.69, 9.17) is 0 Å². The average molecular weight is 285 g/mol. The molecule has 1 aliphatic rings. The van der Waals surface area contributed by atoms with Crippen LogP contribution >= 0.6 is 0 Å². The van der Waals surface area contributed by atoms with Crippen LogP contribution in [0.15, 0.2) is 17.3 Å². The number of hydrogen-bond donors (Lipinski definition) is 0. The molecule has 2 rings (SSSR count). The Kier molecular flexibility index (Phi) is 3.75. The second kappa shape index (κ2) is 5.06. The summed E-state index contributed by atoms with van der Waals surface area (Å²) in [5.41, 5.74) is 5.51. The smallest absolute Gasteiger partial charge is 0.136 e. The molecule has 1 aliphatic heterocycles. The van der Waals surface area contributed by atoms with Gasteiger partial charge in [-0.2, -0.15) is 0 Å². The maximum Gasteiger partial charge on any atom is 0.136 e. The fourth-order valence-corrected chi connectivity index (χ4v) is 2.57. The predicted octanol–water partition coefficient (Wildman–Crippen LogP) is 3.25. The molecule has 0 fully saturated rings. The van der Waals surface area contributed by atoms with E-state index in [0.717, 1.165) is 23.5 Å². The molecular weight excluding hydrogens is 262 g/mol. The summed E-state index contributed by atoms with van der Waals surface area (Å²) in [6.45, 7) is 14.0. The van der Waals surface area contributed by atoms with Crippen molar-refractivity contribution in [2.45, 2.75) is 46.0 Å². The second-order valence-electron chi connectivity index (χ2n) is 7.05. The van der Waals surface area contributed by atoms with E-state index >= 15 is 0 Å².